The summed E-state index contributed by atoms with van der Waals surface area (Å²) in [6.45, 7) is 1.86. The van der Waals surface area contributed by atoms with Gasteiger partial charge in [0.25, 0.3) is 5.91 Å². The van der Waals surface area contributed by atoms with Gasteiger partial charge in [-0.3, -0.25) is 10.1 Å². The van der Waals surface area contributed by atoms with Crippen molar-refractivity contribution in [3.05, 3.63) is 64.2 Å². The summed E-state index contributed by atoms with van der Waals surface area (Å²) in [4.78, 5) is 12.3. The summed E-state index contributed by atoms with van der Waals surface area (Å²) < 4.78 is 0. The first-order valence-corrected chi connectivity index (χ1v) is 7.85. The molecule has 0 saturated heterocycles. The Bertz CT molecular complexity index is 885. The summed E-state index contributed by atoms with van der Waals surface area (Å²) in [5.74, 6) is -0.144. The van der Waals surface area contributed by atoms with Crippen LogP contribution in [0.5, 0.6) is 0 Å². The normalized spacial score (nSPS) is 11.9. The van der Waals surface area contributed by atoms with Crippen molar-refractivity contribution < 1.29 is 4.79 Å². The first kappa shape index (κ1) is 13.2. The number of anilines is 1. The van der Waals surface area contributed by atoms with Crippen LogP contribution in [0.15, 0.2) is 42.5 Å². The predicted molar refractivity (Wildman–Crippen MR) is 87.3 cm³/mol. The van der Waals surface area contributed by atoms with Crippen molar-refractivity contribution in [2.24, 2.45) is 0 Å². The first-order valence-electron chi connectivity index (χ1n) is 7.03. The largest absolute Gasteiger partial charge is 0.296 e. The maximum Gasteiger partial charge on any atom is 0.257 e. The topological polar surface area (TPSA) is 54.9 Å². The molecule has 5 heteroatoms. The Hall–Kier alpha value is -2.53. The van der Waals surface area contributed by atoms with Gasteiger partial charge in [-0.25, -0.2) is 0 Å². The van der Waals surface area contributed by atoms with Crippen LogP contribution >= 0.6 is 11.3 Å². The molecule has 4 nitrogen and oxygen atoms in total. The molecule has 108 valence electrons. The molecule has 1 aromatic heterocycles. The number of nitrogens with one attached hydrogen (secondary N) is 1. The Balaban J connectivity index is 1.63. The number of aromatic nitrogens is 2. The fraction of sp³-hybridized carbons (Fsp3) is 0.118. The number of fused-ring (bicyclic) bond motifs is 3. The molecule has 2 aromatic carbocycles. The minimum absolute atomic E-state index is 0.144. The van der Waals surface area contributed by atoms with Gasteiger partial charge in [0.05, 0.1) is 0 Å². The van der Waals surface area contributed by atoms with Gasteiger partial charge in [-0.2, -0.15) is 0 Å². The highest BCUT2D eigenvalue weighted by Gasteiger charge is 2.19. The smallest absolute Gasteiger partial charge is 0.257 e. The van der Waals surface area contributed by atoms with Gasteiger partial charge in [-0.1, -0.05) is 41.7 Å². The zero-order chi connectivity index (χ0) is 15.1. The molecule has 0 atom stereocenters. The highest BCUT2D eigenvalue weighted by molar-refractivity contribution is 7.15. The number of nitrogens with zero attached hydrogens (tertiary/aromatic N) is 2. The summed E-state index contributed by atoms with van der Waals surface area (Å²) in [7, 11) is 0. The third kappa shape index (κ3) is 2.19. The van der Waals surface area contributed by atoms with Crippen LogP contribution in [0.3, 0.4) is 0 Å². The van der Waals surface area contributed by atoms with Gasteiger partial charge < -0.3 is 0 Å². The molecule has 0 fully saturated rings. The highest BCUT2D eigenvalue weighted by Crippen LogP contribution is 2.36. The van der Waals surface area contributed by atoms with E-state index >= 15 is 0 Å². The van der Waals surface area contributed by atoms with Crippen molar-refractivity contribution in [3.63, 3.8) is 0 Å². The van der Waals surface area contributed by atoms with Gasteiger partial charge in [0.1, 0.15) is 5.01 Å². The van der Waals surface area contributed by atoms with Gasteiger partial charge in [-0.05, 0) is 47.7 Å². The number of aryl methyl sites for hydroxylation is 1. The SMILES string of the molecule is Cc1nnc(NC(=O)c2ccc3c(c2)Cc2ccccc2-3)s1. The molecule has 1 aliphatic carbocycles. The fourth-order valence-electron chi connectivity index (χ4n) is 2.80. The van der Waals surface area contributed by atoms with E-state index in [1.807, 2.05) is 31.2 Å². The Morgan fingerprint density at radius 2 is 1.91 bits per heavy atom. The number of carbonyl (C=O) groups is 1. The van der Waals surface area contributed by atoms with E-state index in [1.54, 1.807) is 0 Å². The maximum absolute atomic E-state index is 12.3. The van der Waals surface area contributed by atoms with Crippen LogP contribution in [0.4, 0.5) is 5.13 Å². The zero-order valence-electron chi connectivity index (χ0n) is 12.0. The van der Waals surface area contributed by atoms with Crippen molar-refractivity contribution in [1.82, 2.24) is 10.2 Å². The third-order valence-corrected chi connectivity index (χ3v) is 4.56. The fourth-order valence-corrected chi connectivity index (χ4v) is 3.39. The second-order valence-corrected chi connectivity index (χ2v) is 6.47. The second-order valence-electron chi connectivity index (χ2n) is 5.29. The van der Waals surface area contributed by atoms with Crippen LogP contribution in [0.25, 0.3) is 11.1 Å². The van der Waals surface area contributed by atoms with E-state index in [9.17, 15) is 4.79 Å². The molecule has 0 spiro atoms. The Kier molecular flexibility index (Phi) is 3.01. The molecule has 4 rings (SSSR count). The lowest BCUT2D eigenvalue weighted by Crippen LogP contribution is -2.12. The van der Waals surface area contributed by atoms with E-state index < -0.39 is 0 Å². The lowest BCUT2D eigenvalue weighted by Gasteiger charge is -2.05. The van der Waals surface area contributed by atoms with Crippen LogP contribution in [-0.4, -0.2) is 16.1 Å². The van der Waals surface area contributed by atoms with Gasteiger partial charge in [0.2, 0.25) is 5.13 Å². The molecular formula is C17H13N3OS. The van der Waals surface area contributed by atoms with E-state index in [1.165, 1.54) is 33.6 Å². The number of benzene rings is 2. The molecular weight excluding hydrogens is 294 g/mol. The quantitative estimate of drug-likeness (QED) is 0.615. The molecule has 1 aliphatic rings. The summed E-state index contributed by atoms with van der Waals surface area (Å²) in [6, 6.07) is 14.2. The van der Waals surface area contributed by atoms with Crippen LogP contribution in [0.1, 0.15) is 26.5 Å². The van der Waals surface area contributed by atoms with Crippen molar-refractivity contribution in [2.45, 2.75) is 13.3 Å². The third-order valence-electron chi connectivity index (χ3n) is 3.80. The molecule has 1 amide bonds. The van der Waals surface area contributed by atoms with Crippen LogP contribution < -0.4 is 5.32 Å². The Labute approximate surface area is 131 Å². The zero-order valence-corrected chi connectivity index (χ0v) is 12.8. The van der Waals surface area contributed by atoms with E-state index in [4.69, 9.17) is 0 Å². The summed E-state index contributed by atoms with van der Waals surface area (Å²) in [5, 5.41) is 12.0. The lowest BCUT2D eigenvalue weighted by molar-refractivity contribution is 0.102. The summed E-state index contributed by atoms with van der Waals surface area (Å²) in [6.07, 6.45) is 0.880. The predicted octanol–water partition coefficient (Wildman–Crippen LogP) is 3.67. The van der Waals surface area contributed by atoms with Crippen molar-refractivity contribution in [3.8, 4) is 11.1 Å². The van der Waals surface area contributed by atoms with Crippen LogP contribution in [0, 0.1) is 6.92 Å². The molecule has 1 N–H and O–H groups in total. The molecule has 0 aliphatic heterocycles. The first-order chi connectivity index (χ1) is 10.7. The van der Waals surface area contributed by atoms with E-state index in [0.29, 0.717) is 10.7 Å². The van der Waals surface area contributed by atoms with Gasteiger partial charge in [0.15, 0.2) is 0 Å². The standard InChI is InChI=1S/C17H13N3OS/c1-10-19-20-17(22-10)18-16(21)12-6-7-15-13(9-12)8-11-4-2-3-5-14(11)15/h2-7,9H,8H2,1H3,(H,18,20,21). The number of hydrogen-bond acceptors (Lipinski definition) is 4. The average molecular weight is 307 g/mol. The molecule has 0 bridgehead atoms. The molecule has 22 heavy (non-hydrogen) atoms. The lowest BCUT2D eigenvalue weighted by atomic mass is 10.0. The van der Waals surface area contributed by atoms with Gasteiger partial charge >= 0.3 is 0 Å². The van der Waals surface area contributed by atoms with Crippen LogP contribution in [0.2, 0.25) is 0 Å². The molecule has 0 radical (unpaired) electrons. The number of rotatable bonds is 2. The molecule has 1 heterocycles. The minimum atomic E-state index is -0.144. The van der Waals surface area contributed by atoms with E-state index in [0.717, 1.165) is 11.4 Å². The van der Waals surface area contributed by atoms with Gasteiger partial charge in [-0.15, -0.1) is 10.2 Å². The van der Waals surface area contributed by atoms with E-state index in [2.05, 4.69) is 33.7 Å². The number of hydrogen-bond donors (Lipinski definition) is 1. The maximum atomic E-state index is 12.3. The number of carbonyl (C=O) groups excluding carboxylic acids is 1. The summed E-state index contributed by atoms with van der Waals surface area (Å²) in [5.41, 5.74) is 5.65. The second kappa shape index (κ2) is 5.03. The van der Waals surface area contributed by atoms with Crippen LogP contribution in [-0.2, 0) is 6.42 Å². The number of amides is 1. The molecule has 0 unspecified atom stereocenters. The van der Waals surface area contributed by atoms with E-state index in [-0.39, 0.29) is 5.91 Å². The Morgan fingerprint density at radius 3 is 2.73 bits per heavy atom. The van der Waals surface area contributed by atoms with Gasteiger partial charge in [0, 0.05) is 5.56 Å². The minimum Gasteiger partial charge on any atom is -0.296 e. The average Bonchev–Trinajstić information content (AvgIpc) is 3.09. The molecule has 0 saturated carbocycles. The van der Waals surface area contributed by atoms with Crippen molar-refractivity contribution >= 4 is 22.4 Å². The monoisotopic (exact) mass is 307 g/mol. The Morgan fingerprint density at radius 1 is 1.09 bits per heavy atom. The van der Waals surface area contributed by atoms with Crippen molar-refractivity contribution in [1.29, 1.82) is 0 Å². The highest BCUT2D eigenvalue weighted by atomic mass is 32.1. The summed E-state index contributed by atoms with van der Waals surface area (Å²) >= 11 is 1.37. The molecule has 3 aromatic rings. The van der Waals surface area contributed by atoms with Crippen molar-refractivity contribution in [2.75, 3.05) is 5.32 Å².